The smallest absolute Gasteiger partial charge is 0.223 e. The highest BCUT2D eigenvalue weighted by molar-refractivity contribution is 5.81. The minimum Gasteiger partial charge on any atom is -0.355 e. The van der Waals surface area contributed by atoms with Crippen LogP contribution in [-0.2, 0) is 22.4 Å². The molecule has 6 nitrogen and oxygen atoms in total. The third-order valence-electron chi connectivity index (χ3n) is 5.28. The maximum atomic E-state index is 12.4. The lowest BCUT2D eigenvalue weighted by Gasteiger charge is -2.27. The van der Waals surface area contributed by atoms with Crippen LogP contribution in [0.3, 0.4) is 0 Å². The standard InChI is InChI=1S/C22H28N4O2/c27-21(25-15-11-19-5-1-3-13-23-19)17-7-9-18(10-8-17)22(28)26-16-12-20-6-2-4-14-24-20/h1-6,13-14,17-18H,7-12,15-16H2,(H,25,27)(H,26,28). The summed E-state index contributed by atoms with van der Waals surface area (Å²) < 4.78 is 0. The lowest BCUT2D eigenvalue weighted by atomic mass is 9.81. The minimum atomic E-state index is 0.0151. The Kier molecular flexibility index (Phi) is 7.53. The van der Waals surface area contributed by atoms with Crippen molar-refractivity contribution in [3.63, 3.8) is 0 Å². The number of rotatable bonds is 8. The van der Waals surface area contributed by atoms with Crippen LogP contribution in [0.4, 0.5) is 0 Å². The molecule has 0 spiro atoms. The molecule has 28 heavy (non-hydrogen) atoms. The molecule has 2 N–H and O–H groups in total. The van der Waals surface area contributed by atoms with E-state index in [0.29, 0.717) is 13.1 Å². The molecule has 0 saturated heterocycles. The molecule has 6 heteroatoms. The van der Waals surface area contributed by atoms with Crippen LogP contribution >= 0.6 is 0 Å². The SMILES string of the molecule is O=C(NCCc1ccccn1)C1CCC(C(=O)NCCc2ccccn2)CC1. The van der Waals surface area contributed by atoms with Gasteiger partial charge >= 0.3 is 0 Å². The van der Waals surface area contributed by atoms with Gasteiger partial charge in [0, 0.05) is 61.5 Å². The van der Waals surface area contributed by atoms with Crippen molar-refractivity contribution in [2.75, 3.05) is 13.1 Å². The normalized spacial score (nSPS) is 19.0. The van der Waals surface area contributed by atoms with Crippen molar-refractivity contribution >= 4 is 11.8 Å². The average Bonchev–Trinajstić information content (AvgIpc) is 2.75. The number of pyridine rings is 2. The van der Waals surface area contributed by atoms with Gasteiger partial charge in [0.25, 0.3) is 0 Å². The quantitative estimate of drug-likeness (QED) is 0.736. The Labute approximate surface area is 166 Å². The fraction of sp³-hybridized carbons (Fsp3) is 0.455. The summed E-state index contributed by atoms with van der Waals surface area (Å²) in [7, 11) is 0. The number of aromatic nitrogens is 2. The first-order valence-electron chi connectivity index (χ1n) is 10.1. The number of amides is 2. The fourth-order valence-electron chi connectivity index (χ4n) is 3.63. The van der Waals surface area contributed by atoms with Crippen LogP contribution in [0.1, 0.15) is 37.1 Å². The van der Waals surface area contributed by atoms with Crippen LogP contribution in [0.2, 0.25) is 0 Å². The van der Waals surface area contributed by atoms with Crippen LogP contribution in [0, 0.1) is 11.8 Å². The summed E-state index contributed by atoms with van der Waals surface area (Å²) in [4.78, 5) is 33.2. The Balaban J connectivity index is 1.32. The number of hydrogen-bond donors (Lipinski definition) is 2. The van der Waals surface area contributed by atoms with Crippen molar-refractivity contribution in [3.8, 4) is 0 Å². The molecule has 0 bridgehead atoms. The van der Waals surface area contributed by atoms with Crippen molar-refractivity contribution in [1.29, 1.82) is 0 Å². The molecular formula is C22H28N4O2. The first-order valence-corrected chi connectivity index (χ1v) is 10.1. The van der Waals surface area contributed by atoms with Gasteiger partial charge in [-0.3, -0.25) is 19.6 Å². The van der Waals surface area contributed by atoms with Gasteiger partial charge in [0.2, 0.25) is 11.8 Å². The first kappa shape index (κ1) is 20.0. The van der Waals surface area contributed by atoms with E-state index in [1.54, 1.807) is 12.4 Å². The molecule has 1 saturated carbocycles. The van der Waals surface area contributed by atoms with E-state index in [9.17, 15) is 9.59 Å². The summed E-state index contributed by atoms with van der Waals surface area (Å²) in [6.45, 7) is 1.20. The van der Waals surface area contributed by atoms with Gasteiger partial charge in [-0.05, 0) is 49.9 Å². The Hall–Kier alpha value is -2.76. The van der Waals surface area contributed by atoms with Crippen LogP contribution in [-0.4, -0.2) is 34.9 Å². The molecule has 2 aromatic heterocycles. The Bertz CT molecular complexity index is 678. The lowest BCUT2D eigenvalue weighted by Crippen LogP contribution is -2.38. The molecule has 2 aromatic rings. The highest BCUT2D eigenvalue weighted by atomic mass is 16.2. The molecule has 1 aliphatic carbocycles. The van der Waals surface area contributed by atoms with Crippen LogP contribution in [0.5, 0.6) is 0 Å². The average molecular weight is 380 g/mol. The van der Waals surface area contributed by atoms with Crippen LogP contribution < -0.4 is 10.6 Å². The Morgan fingerprint density at radius 3 is 1.54 bits per heavy atom. The fourth-order valence-corrected chi connectivity index (χ4v) is 3.63. The zero-order valence-electron chi connectivity index (χ0n) is 16.1. The molecule has 148 valence electrons. The topological polar surface area (TPSA) is 84.0 Å². The van der Waals surface area contributed by atoms with Gasteiger partial charge in [-0.1, -0.05) is 12.1 Å². The van der Waals surface area contributed by atoms with Crippen molar-refractivity contribution in [2.24, 2.45) is 11.8 Å². The van der Waals surface area contributed by atoms with Crippen molar-refractivity contribution in [1.82, 2.24) is 20.6 Å². The molecule has 0 radical (unpaired) electrons. The van der Waals surface area contributed by atoms with Gasteiger partial charge < -0.3 is 10.6 Å². The van der Waals surface area contributed by atoms with Crippen LogP contribution in [0.15, 0.2) is 48.8 Å². The molecule has 3 rings (SSSR count). The predicted molar refractivity (Wildman–Crippen MR) is 107 cm³/mol. The van der Waals surface area contributed by atoms with E-state index in [1.165, 1.54) is 0 Å². The van der Waals surface area contributed by atoms with Gasteiger partial charge in [0.1, 0.15) is 0 Å². The third kappa shape index (κ3) is 6.15. The molecule has 2 amide bonds. The monoisotopic (exact) mass is 380 g/mol. The maximum Gasteiger partial charge on any atom is 0.223 e. The van der Waals surface area contributed by atoms with Crippen LogP contribution in [0.25, 0.3) is 0 Å². The van der Waals surface area contributed by atoms with E-state index >= 15 is 0 Å². The van der Waals surface area contributed by atoms with E-state index in [1.807, 2.05) is 36.4 Å². The summed E-state index contributed by atoms with van der Waals surface area (Å²) in [6, 6.07) is 11.6. The molecule has 0 aromatic carbocycles. The molecule has 0 aliphatic heterocycles. The van der Waals surface area contributed by atoms with E-state index in [2.05, 4.69) is 20.6 Å². The van der Waals surface area contributed by atoms with Gasteiger partial charge in [0.15, 0.2) is 0 Å². The molecule has 0 atom stereocenters. The molecule has 1 fully saturated rings. The third-order valence-corrected chi connectivity index (χ3v) is 5.28. The number of nitrogens with one attached hydrogen (secondary N) is 2. The highest BCUT2D eigenvalue weighted by Gasteiger charge is 2.29. The Morgan fingerprint density at radius 2 is 1.18 bits per heavy atom. The van der Waals surface area contributed by atoms with E-state index < -0.39 is 0 Å². The number of carbonyl (C=O) groups is 2. The second-order valence-electron chi connectivity index (χ2n) is 7.27. The molecular weight excluding hydrogens is 352 g/mol. The van der Waals surface area contributed by atoms with E-state index in [0.717, 1.165) is 49.9 Å². The molecule has 2 heterocycles. The summed E-state index contributed by atoms with van der Waals surface area (Å²) in [5.74, 6) is 0.234. The van der Waals surface area contributed by atoms with E-state index in [4.69, 9.17) is 0 Å². The molecule has 0 unspecified atom stereocenters. The Morgan fingerprint density at radius 1 is 0.750 bits per heavy atom. The molecule has 1 aliphatic rings. The minimum absolute atomic E-state index is 0.0151. The maximum absolute atomic E-state index is 12.4. The van der Waals surface area contributed by atoms with Crippen molar-refractivity contribution in [3.05, 3.63) is 60.2 Å². The number of hydrogen-bond acceptors (Lipinski definition) is 4. The van der Waals surface area contributed by atoms with Crippen molar-refractivity contribution in [2.45, 2.75) is 38.5 Å². The zero-order valence-corrected chi connectivity index (χ0v) is 16.1. The van der Waals surface area contributed by atoms with Crippen molar-refractivity contribution < 1.29 is 9.59 Å². The lowest BCUT2D eigenvalue weighted by molar-refractivity contribution is -0.130. The first-order chi connectivity index (χ1) is 13.7. The second kappa shape index (κ2) is 10.5. The largest absolute Gasteiger partial charge is 0.355 e. The van der Waals surface area contributed by atoms with Gasteiger partial charge in [0.05, 0.1) is 0 Å². The van der Waals surface area contributed by atoms with Gasteiger partial charge in [-0.15, -0.1) is 0 Å². The van der Waals surface area contributed by atoms with E-state index in [-0.39, 0.29) is 23.7 Å². The number of nitrogens with zero attached hydrogens (tertiary/aromatic N) is 2. The predicted octanol–water partition coefficient (Wildman–Crippen LogP) is 2.30. The van der Waals surface area contributed by atoms with Gasteiger partial charge in [-0.25, -0.2) is 0 Å². The number of carbonyl (C=O) groups excluding carboxylic acids is 2. The zero-order chi connectivity index (χ0) is 19.6. The highest BCUT2D eigenvalue weighted by Crippen LogP contribution is 2.29. The summed E-state index contributed by atoms with van der Waals surface area (Å²) in [5, 5.41) is 6.02. The van der Waals surface area contributed by atoms with Gasteiger partial charge in [-0.2, -0.15) is 0 Å². The summed E-state index contributed by atoms with van der Waals surface area (Å²) in [5.41, 5.74) is 1.96. The summed E-state index contributed by atoms with van der Waals surface area (Å²) >= 11 is 0. The second-order valence-corrected chi connectivity index (χ2v) is 7.27. The summed E-state index contributed by atoms with van der Waals surface area (Å²) in [6.07, 6.45) is 8.09.